The highest BCUT2D eigenvalue weighted by Crippen LogP contribution is 2.26. The van der Waals surface area contributed by atoms with Gasteiger partial charge >= 0.3 is 0 Å². The van der Waals surface area contributed by atoms with Gasteiger partial charge in [0.1, 0.15) is 5.60 Å². The van der Waals surface area contributed by atoms with E-state index < -0.39 is 5.60 Å². The Morgan fingerprint density at radius 2 is 1.96 bits per heavy atom. The summed E-state index contributed by atoms with van der Waals surface area (Å²) in [6.07, 6.45) is 3.50. The maximum absolute atomic E-state index is 12.7. The molecule has 0 atom stereocenters. The molecule has 1 amide bonds. The monoisotopic (exact) mass is 401 g/mol. The fourth-order valence-corrected chi connectivity index (χ4v) is 3.43. The van der Waals surface area contributed by atoms with Crippen molar-refractivity contribution < 1.29 is 9.53 Å². The molecule has 0 unspecified atom stereocenters. The zero-order valence-electron chi connectivity index (χ0n) is 15.6. The first kappa shape index (κ1) is 22.8. The largest absolute Gasteiger partial charge is 0.368 e. The number of hydrogen-bond acceptors (Lipinski definition) is 3. The van der Waals surface area contributed by atoms with Gasteiger partial charge in [0.25, 0.3) is 5.91 Å². The van der Waals surface area contributed by atoms with Crippen LogP contribution in [0.1, 0.15) is 26.7 Å². The average molecular weight is 402 g/mol. The van der Waals surface area contributed by atoms with Crippen molar-refractivity contribution in [2.75, 3.05) is 25.5 Å². The lowest BCUT2D eigenvalue weighted by Crippen LogP contribution is -2.51. The van der Waals surface area contributed by atoms with Crippen molar-refractivity contribution in [1.82, 2.24) is 9.88 Å². The van der Waals surface area contributed by atoms with Gasteiger partial charge in [-0.2, -0.15) is 0 Å². The summed E-state index contributed by atoms with van der Waals surface area (Å²) in [5.74, 6) is 0.550. The van der Waals surface area contributed by atoms with Gasteiger partial charge in [0.15, 0.2) is 0 Å². The number of fused-ring (bicyclic) bond motifs is 1. The van der Waals surface area contributed by atoms with Crippen molar-refractivity contribution in [3.63, 3.8) is 0 Å². The minimum Gasteiger partial charge on any atom is -0.368 e. The zero-order valence-corrected chi connectivity index (χ0v) is 17.2. The molecule has 5 nitrogen and oxygen atoms in total. The van der Waals surface area contributed by atoms with E-state index >= 15 is 0 Å². The van der Waals surface area contributed by atoms with Gasteiger partial charge in [-0.1, -0.05) is 13.8 Å². The molecule has 0 radical (unpaired) electrons. The van der Waals surface area contributed by atoms with Gasteiger partial charge in [-0.25, -0.2) is 0 Å². The van der Waals surface area contributed by atoms with E-state index in [0.29, 0.717) is 18.8 Å². The molecule has 1 aromatic carbocycles. The highest BCUT2D eigenvalue weighted by atomic mass is 35.5. The number of ether oxygens (including phenoxy) is 1. The van der Waals surface area contributed by atoms with Crippen molar-refractivity contribution in [3.05, 3.63) is 30.5 Å². The normalized spacial score (nSPS) is 16.0. The third kappa shape index (κ3) is 4.71. The Kier molecular flexibility index (Phi) is 8.41. The fraction of sp³-hybridized carbons (Fsp3) is 0.526. The highest BCUT2D eigenvalue weighted by molar-refractivity contribution is 5.99. The second kappa shape index (κ2) is 9.60. The van der Waals surface area contributed by atoms with E-state index in [1.807, 2.05) is 12.1 Å². The summed E-state index contributed by atoms with van der Waals surface area (Å²) in [4.78, 5) is 12.7. The van der Waals surface area contributed by atoms with Crippen molar-refractivity contribution >= 4 is 47.3 Å². The van der Waals surface area contributed by atoms with Crippen LogP contribution in [0.3, 0.4) is 0 Å². The van der Waals surface area contributed by atoms with Crippen LogP contribution in [0.2, 0.25) is 0 Å². The van der Waals surface area contributed by atoms with Gasteiger partial charge in [0, 0.05) is 36.4 Å². The molecule has 0 spiro atoms. The number of amides is 1. The summed E-state index contributed by atoms with van der Waals surface area (Å²) in [5.41, 5.74) is 1.30. The summed E-state index contributed by atoms with van der Waals surface area (Å²) in [6.45, 7) is 7.03. The standard InChI is InChI=1S/C19H27N3O2.2ClH/c1-14(2)13-22-11-6-15-12-16(4-5-17(15)22)21-18(23)19(24-3)7-9-20-10-8-19;;/h4-6,11-12,14,20H,7-10,13H2,1-3H3,(H,21,23);2*1H. The SMILES string of the molecule is COC1(C(=O)Nc2ccc3c(ccn3CC(C)C)c2)CCNCC1.Cl.Cl. The number of anilines is 1. The number of nitrogens with one attached hydrogen (secondary N) is 2. The van der Waals surface area contributed by atoms with Crippen molar-refractivity contribution in [3.8, 4) is 0 Å². The van der Waals surface area contributed by atoms with Crippen LogP contribution in [0.5, 0.6) is 0 Å². The predicted octanol–water partition coefficient (Wildman–Crippen LogP) is 3.85. The summed E-state index contributed by atoms with van der Waals surface area (Å²) >= 11 is 0. The van der Waals surface area contributed by atoms with E-state index in [-0.39, 0.29) is 30.7 Å². The molecule has 2 aromatic rings. The van der Waals surface area contributed by atoms with E-state index in [4.69, 9.17) is 4.74 Å². The van der Waals surface area contributed by atoms with Crippen molar-refractivity contribution in [2.45, 2.75) is 38.8 Å². The molecule has 2 heterocycles. The van der Waals surface area contributed by atoms with Crippen LogP contribution in [0, 0.1) is 5.92 Å². The molecule has 1 saturated heterocycles. The van der Waals surface area contributed by atoms with E-state index in [2.05, 4.69) is 47.4 Å². The van der Waals surface area contributed by atoms with Crippen LogP contribution in [0.4, 0.5) is 5.69 Å². The third-order valence-electron chi connectivity index (χ3n) is 4.81. The van der Waals surface area contributed by atoms with Gasteiger partial charge in [-0.05, 0) is 56.1 Å². The van der Waals surface area contributed by atoms with Crippen LogP contribution >= 0.6 is 24.8 Å². The second-order valence-electron chi connectivity index (χ2n) is 7.04. The number of nitrogens with zero attached hydrogens (tertiary/aromatic N) is 1. The van der Waals surface area contributed by atoms with E-state index in [0.717, 1.165) is 30.7 Å². The Hall–Kier alpha value is -1.27. The molecule has 0 bridgehead atoms. The van der Waals surface area contributed by atoms with Gasteiger partial charge < -0.3 is 19.9 Å². The lowest BCUT2D eigenvalue weighted by Gasteiger charge is -2.34. The smallest absolute Gasteiger partial charge is 0.256 e. The number of benzene rings is 1. The molecule has 1 aliphatic rings. The topological polar surface area (TPSA) is 55.3 Å². The van der Waals surface area contributed by atoms with E-state index in [9.17, 15) is 4.79 Å². The molecule has 1 aliphatic heterocycles. The van der Waals surface area contributed by atoms with Crippen LogP contribution in [-0.2, 0) is 16.1 Å². The Bertz CT molecular complexity index is 725. The molecule has 2 N–H and O–H groups in total. The molecule has 1 aromatic heterocycles. The minimum absolute atomic E-state index is 0. The number of hydrogen-bond donors (Lipinski definition) is 2. The maximum Gasteiger partial charge on any atom is 0.256 e. The van der Waals surface area contributed by atoms with E-state index in [1.165, 1.54) is 5.52 Å². The van der Waals surface area contributed by atoms with Crippen LogP contribution in [-0.4, -0.2) is 36.3 Å². The molecule has 1 fully saturated rings. The molecule has 7 heteroatoms. The van der Waals surface area contributed by atoms with Gasteiger partial charge in [0.2, 0.25) is 0 Å². The quantitative estimate of drug-likeness (QED) is 0.799. The Morgan fingerprint density at radius 3 is 2.58 bits per heavy atom. The first-order valence-corrected chi connectivity index (χ1v) is 8.70. The Morgan fingerprint density at radius 1 is 1.27 bits per heavy atom. The summed E-state index contributed by atoms with van der Waals surface area (Å²) in [7, 11) is 1.63. The lowest BCUT2D eigenvalue weighted by molar-refractivity contribution is -0.140. The van der Waals surface area contributed by atoms with E-state index in [1.54, 1.807) is 7.11 Å². The Labute approximate surface area is 167 Å². The highest BCUT2D eigenvalue weighted by Gasteiger charge is 2.39. The first-order valence-electron chi connectivity index (χ1n) is 8.70. The number of carbonyl (C=O) groups excluding carboxylic acids is 1. The minimum atomic E-state index is -0.718. The summed E-state index contributed by atoms with van der Waals surface area (Å²) in [5, 5.41) is 7.46. The Balaban J connectivity index is 0.00000169. The number of halogens is 2. The average Bonchev–Trinajstić information content (AvgIpc) is 2.97. The number of methoxy groups -OCH3 is 1. The predicted molar refractivity (Wildman–Crippen MR) is 112 cm³/mol. The second-order valence-corrected chi connectivity index (χ2v) is 7.04. The molecule has 3 rings (SSSR count). The van der Waals surface area contributed by atoms with Crippen molar-refractivity contribution in [1.29, 1.82) is 0 Å². The molecule has 0 saturated carbocycles. The lowest BCUT2D eigenvalue weighted by atomic mass is 9.91. The fourth-order valence-electron chi connectivity index (χ4n) is 3.43. The van der Waals surface area contributed by atoms with Gasteiger partial charge in [0.05, 0.1) is 0 Å². The number of rotatable bonds is 5. The third-order valence-corrected chi connectivity index (χ3v) is 4.81. The van der Waals surface area contributed by atoms with Gasteiger partial charge in [-0.3, -0.25) is 4.79 Å². The summed E-state index contributed by atoms with van der Waals surface area (Å²) in [6, 6.07) is 8.19. The van der Waals surface area contributed by atoms with Crippen molar-refractivity contribution in [2.24, 2.45) is 5.92 Å². The molecule has 0 aliphatic carbocycles. The maximum atomic E-state index is 12.7. The van der Waals surface area contributed by atoms with Crippen LogP contribution < -0.4 is 10.6 Å². The molecular formula is C19H29Cl2N3O2. The molecular weight excluding hydrogens is 373 g/mol. The number of piperidine rings is 1. The summed E-state index contributed by atoms with van der Waals surface area (Å²) < 4.78 is 7.85. The van der Waals surface area contributed by atoms with Crippen LogP contribution in [0.15, 0.2) is 30.5 Å². The zero-order chi connectivity index (χ0) is 17.2. The molecule has 26 heavy (non-hydrogen) atoms. The van der Waals surface area contributed by atoms with Gasteiger partial charge in [-0.15, -0.1) is 24.8 Å². The first-order chi connectivity index (χ1) is 11.5. The molecule has 146 valence electrons. The van der Waals surface area contributed by atoms with Crippen LogP contribution in [0.25, 0.3) is 10.9 Å². The number of carbonyl (C=O) groups is 1. The number of aromatic nitrogens is 1.